The summed E-state index contributed by atoms with van der Waals surface area (Å²) < 4.78 is 13.1. The van der Waals surface area contributed by atoms with Crippen LogP contribution in [0.5, 0.6) is 0 Å². The molecule has 0 saturated heterocycles. The van der Waals surface area contributed by atoms with E-state index in [4.69, 9.17) is 8.83 Å². The lowest BCUT2D eigenvalue weighted by molar-refractivity contribution is 0.417. The molecule has 0 aliphatic heterocycles. The van der Waals surface area contributed by atoms with E-state index in [-0.39, 0.29) is 44.6 Å². The van der Waals surface area contributed by atoms with Crippen molar-refractivity contribution in [1.29, 1.82) is 0 Å². The van der Waals surface area contributed by atoms with E-state index in [0.717, 1.165) is 40.9 Å². The van der Waals surface area contributed by atoms with Gasteiger partial charge in [0.15, 0.2) is 11.7 Å². The Morgan fingerprint density at radius 2 is 0.945 bits per heavy atom. The normalized spacial score (nSPS) is 10.5. The second-order valence-electron chi connectivity index (χ2n) is 20.9. The number of oxazole rings is 1. The fourth-order valence-electron chi connectivity index (χ4n) is 5.64. The minimum Gasteiger partial charge on any atom is -0.445 e. The third-order valence-corrected chi connectivity index (χ3v) is 11.8. The standard InChI is InChI=1S/C10H18N2.C9H16N2.C9H15NO.C9H15NS.C8H15N3.C8H14N2O.6CH4/c1-7(2)9-6-11-10(8(3)4)12(9)5;3*1-6(2)8-5-10-9(11-8)7(3)4;1-5(2)7-9-8(6(3)4)11-10-7;1-5(2)7-9-10-8(11-7)6(3)4;;;;;;/h6-8H,1-5H3;5-7H,1-4H3,(H,10,11);2*5-7H,1-4H3;5-6H,1-4H3,(H,9,10,11);5-6H,1-4H3;6*1H4. The van der Waals surface area contributed by atoms with Crippen molar-refractivity contribution in [3.05, 3.63) is 92.8 Å². The van der Waals surface area contributed by atoms with E-state index in [9.17, 15) is 0 Å². The van der Waals surface area contributed by atoms with Crippen LogP contribution in [-0.4, -0.2) is 54.9 Å². The molecule has 0 atom stereocenters. The molecule has 2 N–H and O–H groups in total. The van der Waals surface area contributed by atoms with Crippen LogP contribution in [0.2, 0.25) is 0 Å². The molecule has 6 aromatic heterocycles. The largest absolute Gasteiger partial charge is 0.445 e. The first-order chi connectivity index (χ1) is 31.1. The molecule has 0 amide bonds. The molecule has 0 radical (unpaired) electrons. The number of hydrogen-bond donors (Lipinski definition) is 2. The SMILES string of the molecule is C.C.C.C.C.C.CC(C)c1cnc(C(C)C)[nH]1.CC(C)c1cnc(C(C)C)n1C.CC(C)c1cnc(C(C)C)o1.CC(C)c1cnc(C(C)C)s1.CC(C)c1n[nH]c(C(C)C)n1.CC(C)c1nnc(C(C)C)o1. The van der Waals surface area contributed by atoms with Gasteiger partial charge < -0.3 is 18.4 Å². The van der Waals surface area contributed by atoms with Gasteiger partial charge in [0, 0.05) is 95.2 Å². The molecule has 73 heavy (non-hydrogen) atoms. The smallest absolute Gasteiger partial charge is 0.219 e. The van der Waals surface area contributed by atoms with Crippen molar-refractivity contribution in [2.75, 3.05) is 0 Å². The zero-order chi connectivity index (χ0) is 51.5. The van der Waals surface area contributed by atoms with E-state index in [1.807, 2.05) is 63.8 Å². The number of aromatic nitrogens is 11. The second kappa shape index (κ2) is 39.0. The van der Waals surface area contributed by atoms with Crippen molar-refractivity contribution in [3.8, 4) is 0 Å². The van der Waals surface area contributed by atoms with Crippen LogP contribution in [0.15, 0.2) is 33.6 Å². The predicted molar refractivity (Wildman–Crippen MR) is 321 cm³/mol. The number of H-pyrrole nitrogens is 2. The third kappa shape index (κ3) is 28.1. The molecular weight excluding hydrogens is 927 g/mol. The lowest BCUT2D eigenvalue weighted by Crippen LogP contribution is -2.04. The zero-order valence-electron chi connectivity index (χ0n) is 46.5. The summed E-state index contributed by atoms with van der Waals surface area (Å²) >= 11 is 1.84. The van der Waals surface area contributed by atoms with Crippen molar-refractivity contribution in [2.24, 2.45) is 7.05 Å². The number of rotatable bonds is 12. The molecule has 0 fully saturated rings. The molecule has 14 heteroatoms. The monoisotopic (exact) mass is 1040 g/mol. The number of nitrogens with one attached hydrogen (secondary N) is 2. The average molecular weight is 1040 g/mol. The van der Waals surface area contributed by atoms with E-state index in [0.29, 0.717) is 71.0 Å². The van der Waals surface area contributed by atoms with Gasteiger partial charge in [0.25, 0.3) is 0 Å². The van der Waals surface area contributed by atoms with Gasteiger partial charge in [-0.25, -0.2) is 24.9 Å². The lowest BCUT2D eigenvalue weighted by atomic mass is 10.1. The van der Waals surface area contributed by atoms with E-state index >= 15 is 0 Å². The number of nitrogens with zero attached hydrogens (tertiary/aromatic N) is 9. The summed E-state index contributed by atoms with van der Waals surface area (Å²) in [5.41, 5.74) is 2.55. The maximum atomic E-state index is 5.50. The van der Waals surface area contributed by atoms with Crippen LogP contribution >= 0.6 is 11.3 Å². The fraction of sp³-hybridized carbons (Fsp3) is 0.729. The van der Waals surface area contributed by atoms with Gasteiger partial charge in [-0.2, -0.15) is 5.10 Å². The number of aromatic amines is 2. The highest BCUT2D eigenvalue weighted by molar-refractivity contribution is 7.11. The van der Waals surface area contributed by atoms with Crippen LogP contribution in [0.4, 0.5) is 0 Å². The molecule has 0 unspecified atom stereocenters. The maximum Gasteiger partial charge on any atom is 0.219 e. The Hall–Kier alpha value is -4.46. The Morgan fingerprint density at radius 3 is 1.18 bits per heavy atom. The van der Waals surface area contributed by atoms with Gasteiger partial charge in [-0.1, -0.05) is 211 Å². The minimum absolute atomic E-state index is 0. The highest BCUT2D eigenvalue weighted by Gasteiger charge is 2.14. The van der Waals surface area contributed by atoms with Gasteiger partial charge in [-0.15, -0.1) is 21.5 Å². The van der Waals surface area contributed by atoms with Crippen LogP contribution in [0.1, 0.15) is 350 Å². The summed E-state index contributed by atoms with van der Waals surface area (Å²) in [6, 6.07) is 0. The molecular formula is C59H117N11O2S. The Labute approximate surface area is 454 Å². The summed E-state index contributed by atoms with van der Waals surface area (Å²) in [5.74, 6) is 13.1. The van der Waals surface area contributed by atoms with E-state index in [1.165, 1.54) is 27.1 Å². The lowest BCUT2D eigenvalue weighted by Gasteiger charge is -2.09. The van der Waals surface area contributed by atoms with E-state index < -0.39 is 0 Å². The summed E-state index contributed by atoms with van der Waals surface area (Å²) in [5, 5.41) is 16.1. The van der Waals surface area contributed by atoms with Crippen LogP contribution in [0.25, 0.3) is 0 Å². The molecule has 0 spiro atoms. The van der Waals surface area contributed by atoms with E-state index in [2.05, 4.69) is 200 Å². The van der Waals surface area contributed by atoms with Crippen molar-refractivity contribution < 1.29 is 8.83 Å². The Balaban J connectivity index is -0.000000182. The molecule has 6 heterocycles. The van der Waals surface area contributed by atoms with Gasteiger partial charge in [0.2, 0.25) is 11.8 Å². The molecule has 426 valence electrons. The Bertz CT molecular complexity index is 1760. The van der Waals surface area contributed by atoms with Gasteiger partial charge in [0.1, 0.15) is 23.2 Å². The molecule has 6 aromatic rings. The topological polar surface area (TPSA) is 166 Å². The molecule has 0 aliphatic carbocycles. The predicted octanol–water partition coefficient (Wildman–Crippen LogP) is 19.8. The fourth-order valence-corrected chi connectivity index (χ4v) is 6.56. The second-order valence-corrected chi connectivity index (χ2v) is 22.0. The number of imidazole rings is 2. The third-order valence-electron chi connectivity index (χ3n) is 10.2. The van der Waals surface area contributed by atoms with Crippen molar-refractivity contribution in [2.45, 2.75) is 282 Å². The molecule has 0 aliphatic rings. The highest BCUT2D eigenvalue weighted by Crippen LogP contribution is 2.26. The molecule has 6 rings (SSSR count). The Morgan fingerprint density at radius 1 is 0.438 bits per heavy atom. The van der Waals surface area contributed by atoms with Crippen molar-refractivity contribution >= 4 is 11.3 Å². The first-order valence-electron chi connectivity index (χ1n) is 24.8. The van der Waals surface area contributed by atoms with Crippen LogP contribution in [-0.2, 0) is 7.05 Å². The summed E-state index contributed by atoms with van der Waals surface area (Å²) in [6.07, 6.45) is 7.74. The minimum atomic E-state index is 0. The maximum absolute atomic E-state index is 5.50. The van der Waals surface area contributed by atoms with Crippen molar-refractivity contribution in [1.82, 2.24) is 54.9 Å². The molecule has 0 aromatic carbocycles. The first kappa shape index (κ1) is 79.9. The van der Waals surface area contributed by atoms with Crippen LogP contribution in [0.3, 0.4) is 0 Å². The Kier molecular flexibility index (Phi) is 42.7. The average Bonchev–Trinajstić information content (AvgIpc) is 4.09. The number of hydrogen-bond acceptors (Lipinski definition) is 11. The number of thiazole rings is 1. The summed E-state index contributed by atoms with van der Waals surface area (Å²) in [4.78, 5) is 26.2. The van der Waals surface area contributed by atoms with Gasteiger partial charge in [0.05, 0.1) is 11.2 Å². The van der Waals surface area contributed by atoms with Crippen LogP contribution in [0, 0.1) is 0 Å². The summed E-state index contributed by atoms with van der Waals surface area (Å²) in [6.45, 7) is 51.0. The van der Waals surface area contributed by atoms with Gasteiger partial charge >= 0.3 is 0 Å². The molecule has 0 saturated carbocycles. The molecule has 13 nitrogen and oxygen atoms in total. The van der Waals surface area contributed by atoms with E-state index in [1.54, 1.807) is 0 Å². The van der Waals surface area contributed by atoms with Gasteiger partial charge in [-0.3, -0.25) is 5.10 Å². The van der Waals surface area contributed by atoms with Crippen LogP contribution < -0.4 is 0 Å². The zero-order valence-corrected chi connectivity index (χ0v) is 47.3. The quantitative estimate of drug-likeness (QED) is 0.120. The van der Waals surface area contributed by atoms with Crippen molar-refractivity contribution in [3.63, 3.8) is 0 Å². The summed E-state index contributed by atoms with van der Waals surface area (Å²) in [7, 11) is 2.09. The van der Waals surface area contributed by atoms with Gasteiger partial charge in [-0.05, 0) is 17.8 Å². The first-order valence-corrected chi connectivity index (χ1v) is 25.6. The highest BCUT2D eigenvalue weighted by atomic mass is 32.1. The molecule has 0 bridgehead atoms.